The summed E-state index contributed by atoms with van der Waals surface area (Å²) in [5, 5.41) is 15.3. The van der Waals surface area contributed by atoms with Gasteiger partial charge >= 0.3 is 0 Å². The van der Waals surface area contributed by atoms with Crippen molar-refractivity contribution in [1.82, 2.24) is 4.98 Å². The van der Waals surface area contributed by atoms with E-state index in [9.17, 15) is 0 Å². The average Bonchev–Trinajstić information content (AvgIpc) is 3.58. The van der Waals surface area contributed by atoms with Gasteiger partial charge in [-0.2, -0.15) is 0 Å². The van der Waals surface area contributed by atoms with Gasteiger partial charge in [0.05, 0.1) is 6.20 Å². The van der Waals surface area contributed by atoms with E-state index in [0.29, 0.717) is 0 Å². The second kappa shape index (κ2) is 11.4. The lowest BCUT2D eigenvalue weighted by Gasteiger charge is -2.35. The predicted molar refractivity (Wildman–Crippen MR) is 213 cm³/mol. The van der Waals surface area contributed by atoms with Gasteiger partial charge in [0.2, 0.25) is 0 Å². The molecule has 0 N–H and O–H groups in total. The number of hydrogen-bond donors (Lipinski definition) is 0. The van der Waals surface area contributed by atoms with Gasteiger partial charge in [-0.25, -0.2) is 0 Å². The molecule has 0 spiro atoms. The lowest BCUT2D eigenvalue weighted by molar-refractivity contribution is 0.668. The van der Waals surface area contributed by atoms with Crippen LogP contribution in [0.15, 0.2) is 193 Å². The van der Waals surface area contributed by atoms with Crippen LogP contribution in [0.2, 0.25) is 0 Å². The second-order valence-corrected chi connectivity index (χ2v) is 16.9. The minimum absolute atomic E-state index is 0.805. The maximum atomic E-state index is 6.49. The Hall–Kier alpha value is -6.29. The van der Waals surface area contributed by atoms with E-state index in [1.54, 1.807) is 0 Å². The van der Waals surface area contributed by atoms with E-state index >= 15 is 0 Å². The van der Waals surface area contributed by atoms with Crippen molar-refractivity contribution in [3.05, 3.63) is 188 Å². The van der Waals surface area contributed by atoms with E-state index in [1.165, 1.54) is 53.1 Å². The molecule has 0 aliphatic heterocycles. The molecule has 0 amide bonds. The van der Waals surface area contributed by atoms with Gasteiger partial charge < -0.3 is 4.42 Å². The topological polar surface area (TPSA) is 26.0 Å². The van der Waals surface area contributed by atoms with E-state index in [1.807, 2.05) is 18.5 Å². The van der Waals surface area contributed by atoms with Crippen LogP contribution in [0.1, 0.15) is 0 Å². The fourth-order valence-electron chi connectivity index (χ4n) is 8.32. The number of fused-ring (bicyclic) bond motifs is 9. The van der Waals surface area contributed by atoms with Gasteiger partial charge in [-0.1, -0.05) is 170 Å². The van der Waals surface area contributed by atoms with Crippen LogP contribution in [0.5, 0.6) is 0 Å². The molecule has 10 rings (SSSR count). The molecule has 0 atom stereocenters. The summed E-state index contributed by atoms with van der Waals surface area (Å²) in [6, 6.07) is 65.1. The number of nitrogens with zero attached hydrogens (tertiary/aromatic N) is 1. The van der Waals surface area contributed by atoms with Crippen LogP contribution in [-0.4, -0.2) is 13.1 Å². The predicted octanol–water partition coefficient (Wildman–Crippen LogP) is 9.48. The molecule has 2 aromatic heterocycles. The molecule has 3 heteroatoms. The molecule has 0 fully saturated rings. The molecule has 10 aromatic rings. The molecule has 0 aliphatic carbocycles. The minimum Gasteiger partial charge on any atom is -0.454 e. The Balaban J connectivity index is 1.30. The summed E-state index contributed by atoms with van der Waals surface area (Å²) < 4.78 is 6.49. The monoisotopic (exact) mass is 653 g/mol. The highest BCUT2D eigenvalue weighted by Gasteiger charge is 2.41. The fourth-order valence-corrected chi connectivity index (χ4v) is 13.1. The molecule has 0 saturated carbocycles. The smallest absolute Gasteiger partial charge is 0.179 e. The summed E-state index contributed by atoms with van der Waals surface area (Å²) in [4.78, 5) is 4.33. The lowest BCUT2D eigenvalue weighted by atomic mass is 9.94. The van der Waals surface area contributed by atoms with Crippen molar-refractivity contribution in [1.29, 1.82) is 0 Å². The summed E-state index contributed by atoms with van der Waals surface area (Å²) in [5.41, 5.74) is 3.92. The van der Waals surface area contributed by atoms with Gasteiger partial charge in [0, 0.05) is 22.5 Å². The maximum Gasteiger partial charge on any atom is 0.179 e. The highest BCUT2D eigenvalue weighted by Crippen LogP contribution is 2.36. The van der Waals surface area contributed by atoms with Crippen molar-refractivity contribution >= 4 is 83.1 Å². The van der Waals surface area contributed by atoms with Gasteiger partial charge in [-0.15, -0.1) is 0 Å². The number of rotatable bonds is 5. The molecular formula is C47H31NOSi. The van der Waals surface area contributed by atoms with Crippen LogP contribution in [0, 0.1) is 0 Å². The first-order valence-corrected chi connectivity index (χ1v) is 19.1. The summed E-state index contributed by atoms with van der Waals surface area (Å²) >= 11 is 0. The molecule has 2 nitrogen and oxygen atoms in total. The van der Waals surface area contributed by atoms with Crippen molar-refractivity contribution in [2.24, 2.45) is 0 Å². The van der Waals surface area contributed by atoms with Crippen LogP contribution < -0.4 is 20.7 Å². The van der Waals surface area contributed by atoms with Gasteiger partial charge in [-0.05, 0) is 64.7 Å². The third-order valence-corrected chi connectivity index (χ3v) is 15.3. The number of para-hydroxylation sites is 1. The van der Waals surface area contributed by atoms with Crippen molar-refractivity contribution in [2.45, 2.75) is 0 Å². The minimum atomic E-state index is -2.88. The van der Waals surface area contributed by atoms with Crippen LogP contribution in [-0.2, 0) is 0 Å². The number of pyridine rings is 1. The third kappa shape index (κ3) is 4.24. The lowest BCUT2D eigenvalue weighted by Crippen LogP contribution is -2.74. The largest absolute Gasteiger partial charge is 0.454 e. The summed E-state index contributed by atoms with van der Waals surface area (Å²) in [5.74, 6) is 0. The highest BCUT2D eigenvalue weighted by molar-refractivity contribution is 7.20. The Morgan fingerprint density at radius 1 is 0.380 bits per heavy atom. The molecule has 0 saturated heterocycles. The van der Waals surface area contributed by atoms with Crippen molar-refractivity contribution < 1.29 is 4.42 Å². The molecule has 2 heterocycles. The first kappa shape index (κ1) is 28.7. The quantitative estimate of drug-likeness (QED) is 0.105. The van der Waals surface area contributed by atoms with Gasteiger partial charge in [0.15, 0.2) is 13.7 Å². The molecule has 234 valence electrons. The average molecular weight is 654 g/mol. The van der Waals surface area contributed by atoms with Gasteiger partial charge in [0.1, 0.15) is 5.58 Å². The van der Waals surface area contributed by atoms with Crippen LogP contribution in [0.4, 0.5) is 0 Å². The zero-order chi connectivity index (χ0) is 33.1. The molecule has 0 aliphatic rings. The molecule has 0 radical (unpaired) electrons. The SMILES string of the molecule is c1ccc([Si](c2ccccc2)(c2cccc(-c3cccc4c3oc3cnccc34)c2)c2ccc3c4ccccc4c4ccccc4c3c2)cc1. The Morgan fingerprint density at radius 3 is 1.60 bits per heavy atom. The van der Waals surface area contributed by atoms with Gasteiger partial charge in [0.25, 0.3) is 0 Å². The maximum absolute atomic E-state index is 6.49. The Labute approximate surface area is 290 Å². The molecule has 8 aromatic carbocycles. The molecule has 0 unspecified atom stereocenters. The molecule has 50 heavy (non-hydrogen) atoms. The van der Waals surface area contributed by atoms with E-state index in [2.05, 4.69) is 175 Å². The van der Waals surface area contributed by atoms with Crippen molar-refractivity contribution in [3.8, 4) is 11.1 Å². The Bertz CT molecular complexity index is 2800. The van der Waals surface area contributed by atoms with E-state index < -0.39 is 8.07 Å². The first-order valence-electron chi connectivity index (χ1n) is 17.1. The number of hydrogen-bond acceptors (Lipinski definition) is 2. The summed E-state index contributed by atoms with van der Waals surface area (Å²) in [6.45, 7) is 0. The second-order valence-electron chi connectivity index (χ2n) is 13.1. The summed E-state index contributed by atoms with van der Waals surface area (Å²) in [7, 11) is -2.88. The third-order valence-electron chi connectivity index (χ3n) is 10.5. The normalized spacial score (nSPS) is 12.0. The van der Waals surface area contributed by atoms with Gasteiger partial charge in [-0.3, -0.25) is 4.98 Å². The van der Waals surface area contributed by atoms with E-state index in [4.69, 9.17) is 4.42 Å². The number of aromatic nitrogens is 1. The molecular weight excluding hydrogens is 623 g/mol. The van der Waals surface area contributed by atoms with Crippen LogP contribution >= 0.6 is 0 Å². The fraction of sp³-hybridized carbons (Fsp3) is 0. The van der Waals surface area contributed by atoms with Crippen LogP contribution in [0.25, 0.3) is 65.4 Å². The Kier molecular flexibility index (Phi) is 6.55. The molecule has 0 bridgehead atoms. The first-order chi connectivity index (χ1) is 24.8. The number of furan rings is 1. The van der Waals surface area contributed by atoms with Crippen molar-refractivity contribution in [2.75, 3.05) is 0 Å². The standard InChI is InChI=1S/C47H31NOSi/c1-3-14-33(15-4-1)50(34-16-5-2-6-17-34,36-25-26-42-40-21-8-7-19-38(40)39-20-9-10-22-41(39)45(42)30-36)35-18-11-13-32(29-35)37-23-12-24-44-43-27-28-48-31-46(43)49-47(37)44/h1-31H. The van der Waals surface area contributed by atoms with E-state index in [-0.39, 0.29) is 0 Å². The zero-order valence-electron chi connectivity index (χ0n) is 27.3. The summed E-state index contributed by atoms with van der Waals surface area (Å²) in [6.07, 6.45) is 3.64. The zero-order valence-corrected chi connectivity index (χ0v) is 28.3. The van der Waals surface area contributed by atoms with Crippen molar-refractivity contribution in [3.63, 3.8) is 0 Å². The Morgan fingerprint density at radius 2 is 0.920 bits per heavy atom. The highest BCUT2D eigenvalue weighted by atomic mass is 28.3. The van der Waals surface area contributed by atoms with E-state index in [0.717, 1.165) is 33.1 Å². The number of benzene rings is 8. The van der Waals surface area contributed by atoms with Crippen LogP contribution in [0.3, 0.4) is 0 Å².